The Morgan fingerprint density at radius 2 is 1.95 bits per heavy atom. The molecule has 1 aliphatic rings. The predicted molar refractivity (Wildman–Crippen MR) is 69.7 cm³/mol. The lowest BCUT2D eigenvalue weighted by Gasteiger charge is -2.22. The molecule has 1 aromatic carbocycles. The average molecular weight is 268 g/mol. The fourth-order valence-electron chi connectivity index (χ4n) is 2.04. The van der Waals surface area contributed by atoms with E-state index in [-0.39, 0.29) is 17.5 Å². The number of nitrogen functional groups attached to an aromatic ring is 1. The molecule has 1 saturated carbocycles. The van der Waals surface area contributed by atoms with Crippen molar-refractivity contribution in [3.63, 3.8) is 0 Å². The second kappa shape index (κ2) is 5.55. The maximum absolute atomic E-state index is 13.4. The van der Waals surface area contributed by atoms with Gasteiger partial charge in [0, 0.05) is 18.2 Å². The van der Waals surface area contributed by atoms with E-state index >= 15 is 0 Å². The van der Waals surface area contributed by atoms with Crippen LogP contribution in [-0.4, -0.2) is 23.4 Å². The van der Waals surface area contributed by atoms with Gasteiger partial charge in [0.1, 0.15) is 17.3 Å². The molecule has 0 heterocycles. The van der Waals surface area contributed by atoms with Crippen LogP contribution in [0.25, 0.3) is 0 Å². The fourth-order valence-corrected chi connectivity index (χ4v) is 2.04. The molecule has 0 radical (unpaired) electrons. The van der Waals surface area contributed by atoms with E-state index in [1.807, 2.05) is 6.92 Å². The minimum atomic E-state index is -0.880. The SMILES string of the molecule is CCCCN(C(=O)c1cc(F)c(N)c(F)c1)C1CC1. The highest BCUT2D eigenvalue weighted by Crippen LogP contribution is 2.29. The van der Waals surface area contributed by atoms with E-state index in [4.69, 9.17) is 5.73 Å². The Morgan fingerprint density at radius 1 is 1.37 bits per heavy atom. The third kappa shape index (κ3) is 3.03. The molecule has 5 heteroatoms. The number of hydrogen-bond acceptors (Lipinski definition) is 2. The number of nitrogens with two attached hydrogens (primary N) is 1. The van der Waals surface area contributed by atoms with Crippen LogP contribution in [0.3, 0.4) is 0 Å². The zero-order chi connectivity index (χ0) is 14.0. The summed E-state index contributed by atoms with van der Waals surface area (Å²) in [6, 6.07) is 2.26. The first-order valence-corrected chi connectivity index (χ1v) is 6.60. The summed E-state index contributed by atoms with van der Waals surface area (Å²) in [5, 5.41) is 0. The van der Waals surface area contributed by atoms with Gasteiger partial charge in [0.15, 0.2) is 0 Å². The molecule has 1 fully saturated rings. The molecule has 3 nitrogen and oxygen atoms in total. The van der Waals surface area contributed by atoms with E-state index in [1.165, 1.54) is 0 Å². The number of nitrogens with zero attached hydrogens (tertiary/aromatic N) is 1. The minimum Gasteiger partial charge on any atom is -0.394 e. The molecule has 0 bridgehead atoms. The summed E-state index contributed by atoms with van der Waals surface area (Å²) in [5.74, 6) is -2.07. The number of hydrogen-bond donors (Lipinski definition) is 1. The van der Waals surface area contributed by atoms with Gasteiger partial charge in [-0.1, -0.05) is 13.3 Å². The molecule has 104 valence electrons. The quantitative estimate of drug-likeness (QED) is 0.834. The van der Waals surface area contributed by atoms with Gasteiger partial charge in [-0.15, -0.1) is 0 Å². The molecule has 0 spiro atoms. The summed E-state index contributed by atoms with van der Waals surface area (Å²) >= 11 is 0. The summed E-state index contributed by atoms with van der Waals surface area (Å²) in [5.41, 5.74) is 4.70. The predicted octanol–water partition coefficient (Wildman–Crippen LogP) is 2.95. The second-order valence-electron chi connectivity index (χ2n) is 4.94. The molecule has 1 aliphatic carbocycles. The van der Waals surface area contributed by atoms with E-state index in [0.717, 1.165) is 37.8 Å². The van der Waals surface area contributed by atoms with Crippen LogP contribution in [0.2, 0.25) is 0 Å². The zero-order valence-electron chi connectivity index (χ0n) is 11.0. The van der Waals surface area contributed by atoms with Crippen LogP contribution < -0.4 is 5.73 Å². The molecular formula is C14H18F2N2O. The molecule has 1 amide bonds. The van der Waals surface area contributed by atoms with Gasteiger partial charge < -0.3 is 10.6 Å². The summed E-state index contributed by atoms with van der Waals surface area (Å²) in [7, 11) is 0. The van der Waals surface area contributed by atoms with Gasteiger partial charge in [0.05, 0.1) is 0 Å². The van der Waals surface area contributed by atoms with Gasteiger partial charge in [-0.05, 0) is 31.4 Å². The Labute approximate surface area is 111 Å². The number of halogens is 2. The Hall–Kier alpha value is -1.65. The van der Waals surface area contributed by atoms with E-state index in [1.54, 1.807) is 4.90 Å². The Bertz CT molecular complexity index is 463. The smallest absolute Gasteiger partial charge is 0.254 e. The van der Waals surface area contributed by atoms with Gasteiger partial charge in [-0.2, -0.15) is 0 Å². The van der Waals surface area contributed by atoms with Crippen LogP contribution in [0.1, 0.15) is 43.0 Å². The molecule has 0 aromatic heterocycles. The van der Waals surface area contributed by atoms with Crippen molar-refractivity contribution in [1.82, 2.24) is 4.90 Å². The normalized spacial score (nSPS) is 14.5. The maximum atomic E-state index is 13.4. The van der Waals surface area contributed by atoms with Crippen molar-refractivity contribution in [2.24, 2.45) is 0 Å². The standard InChI is InChI=1S/C14H18F2N2O/c1-2-3-6-18(10-4-5-10)14(19)9-7-11(15)13(17)12(16)8-9/h7-8,10H,2-6,17H2,1H3. The van der Waals surface area contributed by atoms with E-state index < -0.39 is 17.3 Å². The topological polar surface area (TPSA) is 46.3 Å². The molecule has 19 heavy (non-hydrogen) atoms. The largest absolute Gasteiger partial charge is 0.394 e. The molecule has 2 N–H and O–H groups in total. The highest BCUT2D eigenvalue weighted by atomic mass is 19.1. The minimum absolute atomic E-state index is 0.0344. The molecule has 0 unspecified atom stereocenters. The molecule has 1 aromatic rings. The second-order valence-corrected chi connectivity index (χ2v) is 4.94. The van der Waals surface area contributed by atoms with Crippen molar-refractivity contribution in [3.05, 3.63) is 29.3 Å². The summed E-state index contributed by atoms with van der Waals surface area (Å²) < 4.78 is 26.8. The van der Waals surface area contributed by atoms with E-state index in [9.17, 15) is 13.6 Å². The number of benzene rings is 1. The summed E-state index contributed by atoms with van der Waals surface area (Å²) in [6.45, 7) is 2.67. The first kappa shape index (κ1) is 13.8. The van der Waals surface area contributed by atoms with Crippen LogP contribution in [0.4, 0.5) is 14.5 Å². The maximum Gasteiger partial charge on any atom is 0.254 e. The number of rotatable bonds is 5. The third-order valence-electron chi connectivity index (χ3n) is 3.33. The number of anilines is 1. The van der Waals surface area contributed by atoms with Crippen LogP contribution in [0.15, 0.2) is 12.1 Å². The first-order valence-electron chi connectivity index (χ1n) is 6.60. The van der Waals surface area contributed by atoms with Crippen molar-refractivity contribution in [3.8, 4) is 0 Å². The van der Waals surface area contributed by atoms with Gasteiger partial charge in [-0.25, -0.2) is 8.78 Å². The van der Waals surface area contributed by atoms with Crippen molar-refractivity contribution in [2.75, 3.05) is 12.3 Å². The number of carbonyl (C=O) groups is 1. The number of unbranched alkanes of at least 4 members (excludes halogenated alkanes) is 1. The van der Waals surface area contributed by atoms with Crippen molar-refractivity contribution in [2.45, 2.75) is 38.6 Å². The Balaban J connectivity index is 2.21. The lowest BCUT2D eigenvalue weighted by atomic mass is 10.1. The van der Waals surface area contributed by atoms with E-state index in [2.05, 4.69) is 0 Å². The van der Waals surface area contributed by atoms with Crippen LogP contribution >= 0.6 is 0 Å². The lowest BCUT2D eigenvalue weighted by Crippen LogP contribution is -2.34. The van der Waals surface area contributed by atoms with Gasteiger partial charge in [0.2, 0.25) is 0 Å². The van der Waals surface area contributed by atoms with Crippen LogP contribution in [-0.2, 0) is 0 Å². The van der Waals surface area contributed by atoms with E-state index in [0.29, 0.717) is 6.54 Å². The highest BCUT2D eigenvalue weighted by molar-refractivity contribution is 5.95. The molecule has 0 saturated heterocycles. The summed E-state index contributed by atoms with van der Waals surface area (Å²) in [6.07, 6.45) is 3.80. The monoisotopic (exact) mass is 268 g/mol. The lowest BCUT2D eigenvalue weighted by molar-refractivity contribution is 0.0739. The average Bonchev–Trinajstić information content (AvgIpc) is 3.20. The first-order chi connectivity index (χ1) is 9.04. The van der Waals surface area contributed by atoms with Crippen molar-refractivity contribution in [1.29, 1.82) is 0 Å². The third-order valence-corrected chi connectivity index (χ3v) is 3.33. The Kier molecular flexibility index (Phi) is 4.02. The molecular weight excluding hydrogens is 250 g/mol. The Morgan fingerprint density at radius 3 is 2.42 bits per heavy atom. The van der Waals surface area contributed by atoms with Crippen LogP contribution in [0, 0.1) is 11.6 Å². The van der Waals surface area contributed by atoms with Crippen LogP contribution in [0.5, 0.6) is 0 Å². The number of amides is 1. The highest BCUT2D eigenvalue weighted by Gasteiger charge is 2.33. The molecule has 0 atom stereocenters. The fraction of sp³-hybridized carbons (Fsp3) is 0.500. The zero-order valence-corrected chi connectivity index (χ0v) is 11.0. The summed E-state index contributed by atoms with van der Waals surface area (Å²) in [4.78, 5) is 14.0. The van der Waals surface area contributed by atoms with Gasteiger partial charge in [0.25, 0.3) is 5.91 Å². The molecule has 2 rings (SSSR count). The van der Waals surface area contributed by atoms with Gasteiger partial charge in [-0.3, -0.25) is 4.79 Å². The van der Waals surface area contributed by atoms with Crippen molar-refractivity contribution >= 4 is 11.6 Å². The molecule has 0 aliphatic heterocycles. The number of carbonyl (C=O) groups excluding carboxylic acids is 1. The van der Waals surface area contributed by atoms with Crippen molar-refractivity contribution < 1.29 is 13.6 Å². The van der Waals surface area contributed by atoms with Gasteiger partial charge >= 0.3 is 0 Å².